The smallest absolute Gasteiger partial charge is 0.220 e. The van der Waals surface area contributed by atoms with Crippen molar-refractivity contribution in [1.82, 2.24) is 5.32 Å². The molecule has 0 rings (SSSR count). The lowest BCUT2D eigenvalue weighted by Gasteiger charge is -2.14. The predicted octanol–water partition coefficient (Wildman–Crippen LogP) is 0.639. The Bertz CT molecular complexity index is 174. The van der Waals surface area contributed by atoms with Crippen LogP contribution in [0.3, 0.4) is 0 Å². The lowest BCUT2D eigenvalue weighted by molar-refractivity contribution is -0.122. The number of nitrogens with two attached hydrogens (primary N) is 1. The van der Waals surface area contributed by atoms with E-state index in [1.165, 1.54) is 0 Å². The Morgan fingerprint density at radius 2 is 2.13 bits per heavy atom. The van der Waals surface area contributed by atoms with Gasteiger partial charge >= 0.3 is 0 Å². The third-order valence-electron chi connectivity index (χ3n) is 2.61. The Morgan fingerprint density at radius 3 is 2.60 bits per heavy atom. The summed E-state index contributed by atoms with van der Waals surface area (Å²) < 4.78 is 0. The zero-order chi connectivity index (χ0) is 11.7. The zero-order valence-corrected chi connectivity index (χ0v) is 9.83. The molecule has 0 aliphatic carbocycles. The van der Waals surface area contributed by atoms with Crippen LogP contribution >= 0.6 is 0 Å². The molecule has 0 aliphatic heterocycles. The van der Waals surface area contributed by atoms with E-state index in [2.05, 4.69) is 12.2 Å². The molecule has 0 radical (unpaired) electrons. The van der Waals surface area contributed by atoms with Gasteiger partial charge in [0.05, 0.1) is 6.61 Å². The average Bonchev–Trinajstić information content (AvgIpc) is 2.23. The second-order valence-corrected chi connectivity index (χ2v) is 4.04. The first-order chi connectivity index (χ1) is 7.13. The fourth-order valence-corrected chi connectivity index (χ4v) is 1.52. The molecule has 0 aromatic rings. The number of aliphatic hydroxyl groups excluding tert-OH is 1. The van der Waals surface area contributed by atoms with Crippen molar-refractivity contribution in [2.45, 2.75) is 45.6 Å². The summed E-state index contributed by atoms with van der Waals surface area (Å²) in [5, 5.41) is 11.5. The number of aliphatic hydroxyl groups is 1. The van der Waals surface area contributed by atoms with Gasteiger partial charge in [-0.15, -0.1) is 0 Å². The monoisotopic (exact) mass is 216 g/mol. The first-order valence-corrected chi connectivity index (χ1v) is 5.74. The van der Waals surface area contributed by atoms with Gasteiger partial charge in [-0.25, -0.2) is 0 Å². The first-order valence-electron chi connectivity index (χ1n) is 5.74. The fraction of sp³-hybridized carbons (Fsp3) is 0.909. The number of hydrogen-bond donors (Lipinski definition) is 3. The van der Waals surface area contributed by atoms with Gasteiger partial charge in [0.1, 0.15) is 0 Å². The van der Waals surface area contributed by atoms with Gasteiger partial charge in [-0.05, 0) is 32.2 Å². The van der Waals surface area contributed by atoms with Crippen LogP contribution < -0.4 is 11.1 Å². The number of rotatable bonds is 8. The Morgan fingerprint density at radius 1 is 1.47 bits per heavy atom. The van der Waals surface area contributed by atoms with Crippen molar-refractivity contribution in [3.05, 3.63) is 0 Å². The lowest BCUT2D eigenvalue weighted by Crippen LogP contribution is -2.35. The summed E-state index contributed by atoms with van der Waals surface area (Å²) >= 11 is 0. The van der Waals surface area contributed by atoms with Crippen molar-refractivity contribution in [3.63, 3.8) is 0 Å². The van der Waals surface area contributed by atoms with E-state index in [0.29, 0.717) is 18.9 Å². The third kappa shape index (κ3) is 7.33. The Labute approximate surface area is 92.2 Å². The molecular formula is C11H24N2O2. The van der Waals surface area contributed by atoms with Crippen molar-refractivity contribution in [1.29, 1.82) is 0 Å². The quantitative estimate of drug-likeness (QED) is 0.557. The molecule has 0 aromatic heterocycles. The number of amides is 1. The summed E-state index contributed by atoms with van der Waals surface area (Å²) in [4.78, 5) is 11.4. The summed E-state index contributed by atoms with van der Waals surface area (Å²) in [5.74, 6) is 0.567. The van der Waals surface area contributed by atoms with Crippen molar-refractivity contribution in [3.8, 4) is 0 Å². The molecule has 0 saturated heterocycles. The topological polar surface area (TPSA) is 75.4 Å². The van der Waals surface area contributed by atoms with Crippen LogP contribution in [0.1, 0.15) is 39.5 Å². The molecule has 1 amide bonds. The Balaban J connectivity index is 3.68. The Kier molecular flexibility index (Phi) is 8.33. The lowest BCUT2D eigenvalue weighted by atomic mass is 9.96. The molecule has 0 fully saturated rings. The van der Waals surface area contributed by atoms with Gasteiger partial charge in [0.25, 0.3) is 0 Å². The van der Waals surface area contributed by atoms with Gasteiger partial charge in [-0.1, -0.05) is 13.3 Å². The highest BCUT2D eigenvalue weighted by Gasteiger charge is 2.10. The fourth-order valence-electron chi connectivity index (χ4n) is 1.52. The van der Waals surface area contributed by atoms with Gasteiger partial charge in [0.2, 0.25) is 5.91 Å². The molecule has 1 unspecified atom stereocenters. The first kappa shape index (κ1) is 14.4. The van der Waals surface area contributed by atoms with Crippen molar-refractivity contribution in [2.75, 3.05) is 13.2 Å². The molecule has 0 bridgehead atoms. The summed E-state index contributed by atoms with van der Waals surface area (Å²) in [6.45, 7) is 4.59. The Hall–Kier alpha value is -0.610. The summed E-state index contributed by atoms with van der Waals surface area (Å²) in [5.41, 5.74) is 5.48. The second-order valence-electron chi connectivity index (χ2n) is 4.04. The summed E-state index contributed by atoms with van der Waals surface area (Å²) in [7, 11) is 0. The molecule has 15 heavy (non-hydrogen) atoms. The molecule has 4 nitrogen and oxygen atoms in total. The minimum absolute atomic E-state index is 0.00819. The second kappa shape index (κ2) is 8.68. The van der Waals surface area contributed by atoms with Crippen LogP contribution in [0, 0.1) is 5.92 Å². The molecule has 4 heteroatoms. The van der Waals surface area contributed by atoms with Crippen LogP contribution in [0.5, 0.6) is 0 Å². The number of carbonyl (C=O) groups excluding carboxylic acids is 1. The van der Waals surface area contributed by atoms with Crippen LogP contribution in [-0.2, 0) is 4.79 Å². The number of hydrogen-bond acceptors (Lipinski definition) is 3. The van der Waals surface area contributed by atoms with E-state index in [4.69, 9.17) is 10.8 Å². The van der Waals surface area contributed by atoms with E-state index < -0.39 is 0 Å². The van der Waals surface area contributed by atoms with Crippen LogP contribution in [0.25, 0.3) is 0 Å². The van der Waals surface area contributed by atoms with Crippen LogP contribution in [-0.4, -0.2) is 30.2 Å². The van der Waals surface area contributed by atoms with Gasteiger partial charge < -0.3 is 16.2 Å². The largest absolute Gasteiger partial charge is 0.394 e. The van der Waals surface area contributed by atoms with Crippen molar-refractivity contribution in [2.24, 2.45) is 11.7 Å². The van der Waals surface area contributed by atoms with E-state index >= 15 is 0 Å². The van der Waals surface area contributed by atoms with E-state index in [9.17, 15) is 4.79 Å². The van der Waals surface area contributed by atoms with E-state index in [0.717, 1.165) is 19.3 Å². The minimum Gasteiger partial charge on any atom is -0.394 e. The molecule has 0 saturated carbocycles. The van der Waals surface area contributed by atoms with Crippen LogP contribution in [0.4, 0.5) is 0 Å². The normalized spacial score (nSPS) is 14.7. The number of carbonyl (C=O) groups is 1. The highest BCUT2D eigenvalue weighted by molar-refractivity contribution is 5.76. The average molecular weight is 216 g/mol. The van der Waals surface area contributed by atoms with Gasteiger partial charge in [-0.3, -0.25) is 4.79 Å². The highest BCUT2D eigenvalue weighted by Crippen LogP contribution is 2.14. The summed E-state index contributed by atoms with van der Waals surface area (Å²) in [6, 6.07) is -0.146. The van der Waals surface area contributed by atoms with Crippen molar-refractivity contribution < 1.29 is 9.90 Å². The molecule has 4 N–H and O–H groups in total. The van der Waals surface area contributed by atoms with Crippen molar-refractivity contribution >= 4 is 5.91 Å². The predicted molar refractivity (Wildman–Crippen MR) is 61.4 cm³/mol. The molecule has 2 atom stereocenters. The van der Waals surface area contributed by atoms with Crippen LogP contribution in [0.15, 0.2) is 0 Å². The molecule has 90 valence electrons. The SMILES string of the molecule is CCC(CCN)CCC(=O)N[C@@H](C)CO. The standard InChI is InChI=1S/C11H24N2O2/c1-3-10(6-7-12)4-5-11(15)13-9(2)8-14/h9-10,14H,3-8,12H2,1-2H3,(H,13,15)/t9-,10?/m0/s1. The molecular weight excluding hydrogens is 192 g/mol. The highest BCUT2D eigenvalue weighted by atomic mass is 16.3. The van der Waals surface area contributed by atoms with Gasteiger partial charge in [0.15, 0.2) is 0 Å². The maximum atomic E-state index is 11.4. The summed E-state index contributed by atoms with van der Waals surface area (Å²) in [6.07, 6.45) is 3.47. The van der Waals surface area contributed by atoms with E-state index in [1.54, 1.807) is 6.92 Å². The molecule has 0 aromatic carbocycles. The zero-order valence-electron chi connectivity index (χ0n) is 9.83. The minimum atomic E-state index is -0.146. The molecule has 0 spiro atoms. The molecule has 0 heterocycles. The van der Waals surface area contributed by atoms with E-state index in [-0.39, 0.29) is 18.6 Å². The number of nitrogens with one attached hydrogen (secondary N) is 1. The molecule has 0 aliphatic rings. The van der Waals surface area contributed by atoms with Crippen LogP contribution in [0.2, 0.25) is 0 Å². The maximum Gasteiger partial charge on any atom is 0.220 e. The maximum absolute atomic E-state index is 11.4. The van der Waals surface area contributed by atoms with Gasteiger partial charge in [-0.2, -0.15) is 0 Å². The van der Waals surface area contributed by atoms with Gasteiger partial charge in [0, 0.05) is 12.5 Å². The van der Waals surface area contributed by atoms with E-state index in [1.807, 2.05) is 0 Å². The third-order valence-corrected chi connectivity index (χ3v) is 2.61.